The van der Waals surface area contributed by atoms with Gasteiger partial charge >= 0.3 is 11.9 Å². The highest BCUT2D eigenvalue weighted by molar-refractivity contribution is 6.02. The van der Waals surface area contributed by atoms with Crippen molar-refractivity contribution in [1.29, 1.82) is 0 Å². The number of hydrogen-bond donors (Lipinski definition) is 1. The van der Waals surface area contributed by atoms with Gasteiger partial charge in [-0.2, -0.15) is 0 Å². The Morgan fingerprint density at radius 3 is 2.30 bits per heavy atom. The van der Waals surface area contributed by atoms with E-state index in [0.29, 0.717) is 6.42 Å². The summed E-state index contributed by atoms with van der Waals surface area (Å²) in [4.78, 5) is 23.3. The van der Waals surface area contributed by atoms with Gasteiger partial charge in [0.1, 0.15) is 5.60 Å². The van der Waals surface area contributed by atoms with E-state index < -0.39 is 17.5 Å². The summed E-state index contributed by atoms with van der Waals surface area (Å²) in [6.07, 6.45) is 3.48. The van der Waals surface area contributed by atoms with E-state index in [9.17, 15) is 9.59 Å². The Kier molecular flexibility index (Phi) is 5.74. The van der Waals surface area contributed by atoms with E-state index in [-0.39, 0.29) is 11.1 Å². The first-order valence-corrected chi connectivity index (χ1v) is 6.99. The Labute approximate surface area is 119 Å². The molecule has 1 N–H and O–H groups in total. The van der Waals surface area contributed by atoms with Crippen molar-refractivity contribution < 1.29 is 19.4 Å². The lowest BCUT2D eigenvalue weighted by Crippen LogP contribution is -2.31. The number of benzene rings is 1. The van der Waals surface area contributed by atoms with Crippen LogP contribution in [0.3, 0.4) is 0 Å². The molecular formula is C16H22O4. The zero-order chi connectivity index (χ0) is 15.2. The van der Waals surface area contributed by atoms with E-state index >= 15 is 0 Å². The largest absolute Gasteiger partial charge is 0.478 e. The van der Waals surface area contributed by atoms with Crippen molar-refractivity contribution >= 4 is 11.9 Å². The molecule has 4 nitrogen and oxygen atoms in total. The van der Waals surface area contributed by atoms with Crippen LogP contribution in [-0.4, -0.2) is 22.6 Å². The predicted molar refractivity (Wildman–Crippen MR) is 77.0 cm³/mol. The molecule has 1 rings (SSSR count). The van der Waals surface area contributed by atoms with Crippen LogP contribution in [-0.2, 0) is 4.74 Å². The van der Waals surface area contributed by atoms with Crippen LogP contribution in [0, 0.1) is 0 Å². The Morgan fingerprint density at radius 1 is 1.20 bits per heavy atom. The molecule has 0 aliphatic carbocycles. The maximum absolute atomic E-state index is 12.2. The lowest BCUT2D eigenvalue weighted by Gasteiger charge is -2.28. The number of carbonyl (C=O) groups excluding carboxylic acids is 1. The van der Waals surface area contributed by atoms with Crippen molar-refractivity contribution in [2.24, 2.45) is 0 Å². The third kappa shape index (κ3) is 4.08. The zero-order valence-electron chi connectivity index (χ0n) is 12.3. The second kappa shape index (κ2) is 7.08. The molecule has 0 aliphatic heterocycles. The van der Waals surface area contributed by atoms with Gasteiger partial charge in [0.15, 0.2) is 0 Å². The molecule has 0 unspecified atom stereocenters. The van der Waals surface area contributed by atoms with E-state index in [1.165, 1.54) is 12.1 Å². The normalized spacial score (nSPS) is 13.6. The Bertz CT molecular complexity index is 481. The van der Waals surface area contributed by atoms with Gasteiger partial charge in [0.2, 0.25) is 0 Å². The highest BCUT2D eigenvalue weighted by atomic mass is 16.6. The van der Waals surface area contributed by atoms with Crippen LogP contribution in [0.4, 0.5) is 0 Å². The van der Waals surface area contributed by atoms with Crippen LogP contribution >= 0.6 is 0 Å². The number of carboxylic acid groups (broad SMARTS) is 1. The molecular weight excluding hydrogens is 256 g/mol. The Balaban J connectivity index is 2.93. The summed E-state index contributed by atoms with van der Waals surface area (Å²) in [5.41, 5.74) is -0.457. The SMILES string of the molecule is CCCC[C@](C)(CC)OC(=O)c1ccccc1C(=O)O. The lowest BCUT2D eigenvalue weighted by molar-refractivity contribution is -0.0165. The second-order valence-electron chi connectivity index (χ2n) is 5.15. The molecule has 0 aromatic heterocycles. The van der Waals surface area contributed by atoms with Crippen LogP contribution in [0.15, 0.2) is 24.3 Å². The van der Waals surface area contributed by atoms with Crippen LogP contribution in [0.25, 0.3) is 0 Å². The minimum atomic E-state index is -1.12. The summed E-state index contributed by atoms with van der Waals surface area (Å²) in [6.45, 7) is 5.94. The molecule has 0 fully saturated rings. The summed E-state index contributed by atoms with van der Waals surface area (Å²) >= 11 is 0. The van der Waals surface area contributed by atoms with Crippen molar-refractivity contribution in [2.45, 2.75) is 52.1 Å². The van der Waals surface area contributed by atoms with Gasteiger partial charge in [0, 0.05) is 0 Å². The zero-order valence-corrected chi connectivity index (χ0v) is 12.3. The molecule has 0 radical (unpaired) electrons. The lowest BCUT2D eigenvalue weighted by atomic mass is 9.95. The van der Waals surface area contributed by atoms with E-state index in [1.807, 2.05) is 13.8 Å². The Hall–Kier alpha value is -1.84. The van der Waals surface area contributed by atoms with Gasteiger partial charge in [-0.05, 0) is 38.3 Å². The van der Waals surface area contributed by atoms with Crippen LogP contribution in [0.5, 0.6) is 0 Å². The highest BCUT2D eigenvalue weighted by Crippen LogP contribution is 2.25. The van der Waals surface area contributed by atoms with Crippen LogP contribution in [0.1, 0.15) is 67.2 Å². The van der Waals surface area contributed by atoms with Gasteiger partial charge in [0.05, 0.1) is 11.1 Å². The van der Waals surface area contributed by atoms with Gasteiger partial charge in [-0.25, -0.2) is 9.59 Å². The fourth-order valence-corrected chi connectivity index (χ4v) is 1.98. The molecule has 1 aromatic carbocycles. The fraction of sp³-hybridized carbons (Fsp3) is 0.500. The predicted octanol–water partition coefficient (Wildman–Crippen LogP) is 3.90. The van der Waals surface area contributed by atoms with E-state index in [0.717, 1.165) is 19.3 Å². The number of rotatable bonds is 7. The first-order chi connectivity index (χ1) is 9.43. The maximum atomic E-state index is 12.2. The van der Waals surface area contributed by atoms with Crippen molar-refractivity contribution in [1.82, 2.24) is 0 Å². The summed E-state index contributed by atoms with van der Waals surface area (Å²) < 4.78 is 5.56. The van der Waals surface area contributed by atoms with Crippen molar-refractivity contribution in [2.75, 3.05) is 0 Å². The van der Waals surface area contributed by atoms with Crippen LogP contribution in [0.2, 0.25) is 0 Å². The fourth-order valence-electron chi connectivity index (χ4n) is 1.98. The van der Waals surface area contributed by atoms with Gasteiger partial charge in [0.25, 0.3) is 0 Å². The number of aromatic carboxylic acids is 1. The molecule has 20 heavy (non-hydrogen) atoms. The minimum Gasteiger partial charge on any atom is -0.478 e. The van der Waals surface area contributed by atoms with Gasteiger partial charge in [-0.3, -0.25) is 0 Å². The molecule has 110 valence electrons. The molecule has 1 atom stereocenters. The standard InChI is InChI=1S/C16H22O4/c1-4-6-11-16(3,5-2)20-15(19)13-10-8-7-9-12(13)14(17)18/h7-10H,4-6,11H2,1-3H3,(H,17,18)/t16-/m0/s1. The molecule has 0 bridgehead atoms. The molecule has 4 heteroatoms. The first-order valence-electron chi connectivity index (χ1n) is 6.99. The molecule has 1 aromatic rings. The van der Waals surface area contributed by atoms with E-state index in [4.69, 9.17) is 9.84 Å². The topological polar surface area (TPSA) is 63.6 Å². The van der Waals surface area contributed by atoms with E-state index in [1.54, 1.807) is 12.1 Å². The van der Waals surface area contributed by atoms with Crippen molar-refractivity contribution in [3.63, 3.8) is 0 Å². The first kappa shape index (κ1) is 16.2. The molecule has 0 amide bonds. The summed E-state index contributed by atoms with van der Waals surface area (Å²) in [7, 11) is 0. The van der Waals surface area contributed by atoms with Gasteiger partial charge in [-0.15, -0.1) is 0 Å². The molecule has 0 spiro atoms. The maximum Gasteiger partial charge on any atom is 0.339 e. The smallest absolute Gasteiger partial charge is 0.339 e. The highest BCUT2D eigenvalue weighted by Gasteiger charge is 2.28. The minimum absolute atomic E-state index is 0.0218. The van der Waals surface area contributed by atoms with Crippen molar-refractivity contribution in [3.05, 3.63) is 35.4 Å². The van der Waals surface area contributed by atoms with Crippen molar-refractivity contribution in [3.8, 4) is 0 Å². The number of unbranched alkanes of at least 4 members (excludes halogenated alkanes) is 1. The third-order valence-electron chi connectivity index (χ3n) is 3.52. The average molecular weight is 278 g/mol. The number of hydrogen-bond acceptors (Lipinski definition) is 3. The van der Waals surface area contributed by atoms with Gasteiger partial charge in [-0.1, -0.05) is 32.4 Å². The van der Waals surface area contributed by atoms with Gasteiger partial charge < -0.3 is 9.84 Å². The quantitative estimate of drug-likeness (QED) is 0.768. The Morgan fingerprint density at radius 2 is 1.80 bits per heavy atom. The summed E-state index contributed by atoms with van der Waals surface area (Å²) in [5, 5.41) is 9.10. The third-order valence-corrected chi connectivity index (χ3v) is 3.52. The second-order valence-corrected chi connectivity index (χ2v) is 5.15. The number of esters is 1. The number of carboxylic acids is 1. The average Bonchev–Trinajstić information content (AvgIpc) is 2.45. The number of ether oxygens (including phenoxy) is 1. The van der Waals surface area contributed by atoms with Crippen LogP contribution < -0.4 is 0 Å². The monoisotopic (exact) mass is 278 g/mol. The molecule has 0 heterocycles. The number of carbonyl (C=O) groups is 2. The summed E-state index contributed by atoms with van der Waals surface area (Å²) in [5.74, 6) is -1.69. The molecule has 0 saturated heterocycles. The molecule has 0 aliphatic rings. The molecule has 0 saturated carbocycles. The summed E-state index contributed by atoms with van der Waals surface area (Å²) in [6, 6.07) is 6.13. The van der Waals surface area contributed by atoms with E-state index in [2.05, 4.69) is 6.92 Å².